The van der Waals surface area contributed by atoms with Gasteiger partial charge in [0.05, 0.1) is 40.5 Å². The molecule has 0 heterocycles. The van der Waals surface area contributed by atoms with Gasteiger partial charge in [-0.15, -0.1) is 0 Å². The quantitative estimate of drug-likeness (QED) is 0.0259. The van der Waals surface area contributed by atoms with Crippen LogP contribution < -0.4 is 27.0 Å². The predicted molar refractivity (Wildman–Crippen MR) is 409 cm³/mol. The van der Waals surface area contributed by atoms with E-state index in [4.69, 9.17) is 15.9 Å². The minimum absolute atomic E-state index is 0. The van der Waals surface area contributed by atoms with Crippen molar-refractivity contribution < 1.29 is 84.4 Å². The topological polar surface area (TPSA) is 320 Å². The van der Waals surface area contributed by atoms with Crippen LogP contribution in [-0.4, -0.2) is 61.4 Å². The van der Waals surface area contributed by atoms with Crippen LogP contribution in [0.5, 0.6) is 0 Å². The first-order chi connectivity index (χ1) is 46.0. The molecule has 0 radical (unpaired) electrons. The number of rotatable bonds is 12. The molecule has 4 amide bonds. The molecule has 20 nitrogen and oxygen atoms in total. The number of fused-ring (bicyclic) bond motifs is 1. The number of carbonyl (C=O) groups excluding carboxylic acids is 5. The Labute approximate surface area is 626 Å². The van der Waals surface area contributed by atoms with Crippen molar-refractivity contribution in [1.82, 2.24) is 0 Å². The van der Waals surface area contributed by atoms with Crippen LogP contribution in [0.15, 0.2) is 110 Å². The Balaban J connectivity index is -0.000000562. The number of anilines is 5. The van der Waals surface area contributed by atoms with Crippen molar-refractivity contribution in [3.63, 3.8) is 0 Å². The summed E-state index contributed by atoms with van der Waals surface area (Å²) in [6.45, 7) is 16.7. The molecular formula is C74H89Br3F7N7O13. The number of nitro benzene ring substituents is 2. The maximum atomic E-state index is 13.7. The number of carboxylic acid groups (broad SMARTS) is 2. The average molecular weight is 1660 g/mol. The Kier molecular flexibility index (Phi) is 46.4. The summed E-state index contributed by atoms with van der Waals surface area (Å²) in [6.07, 6.45) is 7.55. The lowest BCUT2D eigenvalue weighted by Gasteiger charge is -2.21. The molecule has 0 unspecified atom stereocenters. The summed E-state index contributed by atoms with van der Waals surface area (Å²) in [5, 5.41) is 47.4. The summed E-state index contributed by atoms with van der Waals surface area (Å²) < 4.78 is 93.9. The second kappa shape index (κ2) is 48.1. The number of Topliss-reactive ketones (excluding diaryl/α,β-unsaturated/α-hetero) is 1. The highest BCUT2D eigenvalue weighted by atomic mass is 79.9. The van der Waals surface area contributed by atoms with Gasteiger partial charge in [0.2, 0.25) is 23.6 Å². The third kappa shape index (κ3) is 34.4. The van der Waals surface area contributed by atoms with Gasteiger partial charge in [0.1, 0.15) is 40.7 Å². The monoisotopic (exact) mass is 1650 g/mol. The van der Waals surface area contributed by atoms with E-state index in [1.807, 2.05) is 0 Å². The van der Waals surface area contributed by atoms with Crippen LogP contribution in [0.4, 0.5) is 70.5 Å². The Bertz CT molecular complexity index is 4110. The van der Waals surface area contributed by atoms with Gasteiger partial charge in [-0.1, -0.05) is 109 Å². The number of amides is 4. The molecule has 30 heteroatoms. The van der Waals surface area contributed by atoms with Crippen LogP contribution in [0.1, 0.15) is 157 Å². The zero-order chi connectivity index (χ0) is 75.5. The fourth-order valence-corrected chi connectivity index (χ4v) is 9.47. The molecule has 0 spiro atoms. The van der Waals surface area contributed by atoms with Gasteiger partial charge < -0.3 is 37.2 Å². The van der Waals surface area contributed by atoms with Gasteiger partial charge in [-0.05, 0) is 178 Å². The van der Waals surface area contributed by atoms with Crippen molar-refractivity contribution in [3.8, 4) is 0 Å². The smallest absolute Gasteiger partial charge is 0.307 e. The first-order valence-corrected chi connectivity index (χ1v) is 31.4. The number of halogens is 10. The Morgan fingerprint density at radius 1 is 0.471 bits per heavy atom. The number of nitrogens with zero attached hydrogens (tertiary/aromatic N) is 2. The van der Waals surface area contributed by atoms with E-state index in [0.29, 0.717) is 110 Å². The minimum Gasteiger partial charge on any atom is -0.481 e. The summed E-state index contributed by atoms with van der Waals surface area (Å²) in [7, 11) is 0. The number of hydrogen-bond donors (Lipinski definition) is 7. The van der Waals surface area contributed by atoms with E-state index in [9.17, 15) is 84.5 Å². The SMILES string of the molecule is C.C.C.C.C.CC(=O)Nc1cc(F)c(C)c(/C=C\CC(=O)O)c1.CC(=O)Nc1cc(F)c(C)c(/C=C\CC(=O)O)c1.CC(=O)Nc1cc(F)c(C)c(Br)c1.CC(=O)Nc1cc(F)c(C)c2c1C(=O)CCC2.Cc1c(F)cc(N)cc1Br.Cc1c(F)cc([N+](=O)[O-])cc1Br.Cc1ccc([N+](=O)[O-])cc1F. The largest absolute Gasteiger partial charge is 0.481 e. The Hall–Kier alpha value is -9.94. The molecule has 104 heavy (non-hydrogen) atoms. The number of nitrogens with one attached hydrogen (secondary N) is 4. The second-order valence-corrected chi connectivity index (χ2v) is 24.0. The molecule has 1 aliphatic carbocycles. The Morgan fingerprint density at radius 3 is 1.19 bits per heavy atom. The number of hydrogen-bond acceptors (Lipinski definition) is 12. The lowest BCUT2D eigenvalue weighted by Crippen LogP contribution is -2.18. The van der Waals surface area contributed by atoms with Crippen LogP contribution in [-0.2, 0) is 35.2 Å². The van der Waals surface area contributed by atoms with E-state index >= 15 is 0 Å². The average Bonchev–Trinajstić information content (AvgIpc) is 0.781. The van der Waals surface area contributed by atoms with E-state index in [-0.39, 0.29) is 108 Å². The molecule has 0 saturated heterocycles. The maximum Gasteiger partial charge on any atom is 0.307 e. The number of nitrogens with two attached hydrogens (primary N) is 1. The number of nitro groups is 2. The predicted octanol–water partition coefficient (Wildman–Crippen LogP) is 21.1. The van der Waals surface area contributed by atoms with Crippen molar-refractivity contribution in [3.05, 3.63) is 233 Å². The summed E-state index contributed by atoms with van der Waals surface area (Å²) >= 11 is 9.39. The van der Waals surface area contributed by atoms with Crippen molar-refractivity contribution in [1.29, 1.82) is 0 Å². The number of carbonyl (C=O) groups is 7. The molecule has 8 N–H and O–H groups in total. The van der Waals surface area contributed by atoms with Crippen LogP contribution in [0.2, 0.25) is 0 Å². The van der Waals surface area contributed by atoms with E-state index < -0.39 is 45.1 Å². The number of carboxylic acids is 2. The van der Waals surface area contributed by atoms with Gasteiger partial charge in [-0.25, -0.2) is 30.7 Å². The zero-order valence-electron chi connectivity index (χ0n) is 55.1. The van der Waals surface area contributed by atoms with E-state index in [1.54, 1.807) is 72.7 Å². The summed E-state index contributed by atoms with van der Waals surface area (Å²) in [5.41, 5.74) is 12.4. The highest BCUT2D eigenvalue weighted by Crippen LogP contribution is 2.33. The molecule has 7 aromatic rings. The standard InChI is InChI=1S/2C13H14FNO3.C13H14FNO2.C9H9BrFNO.C7H5BrFNO2.C7H7BrFN.C7H6FNO2.5CH4/c2*1-8-10(4-3-5-13(17)18)6-11(7-12(8)14)15-9(2)16;1-7-9-4-3-5-12(17)13(9)11(6-10(7)14)15-8(2)16;1-5-8(10)3-7(4-9(5)11)12-6(2)13;1-4-6(8)2-5(10(11)12)3-7(4)9;1-4-6(8)2-5(10)3-7(4)9;1-5-2-3-6(9(10)11)4-7(5)8;;;;;/h2*3-4,6-7H,5H2,1-2H3,(H,15,16)(H,17,18);6H,3-5H2,1-2H3,(H,15,16);3-4H,1-2H3,(H,12,13);2-3H,1H3;2-3H,10H2,1H3;2-4H,1H3;5*1H4/b2*4-3-;;;;;;;;;;. The lowest BCUT2D eigenvalue weighted by atomic mass is 9.86. The van der Waals surface area contributed by atoms with Gasteiger partial charge in [0.15, 0.2) is 5.78 Å². The van der Waals surface area contributed by atoms with Gasteiger partial charge in [0.25, 0.3) is 11.4 Å². The minimum atomic E-state index is -0.956. The number of benzene rings is 7. The fraction of sp³-hybridized carbons (Fsp3) is 0.284. The first-order valence-electron chi connectivity index (χ1n) is 29.0. The molecule has 0 atom stereocenters. The van der Waals surface area contributed by atoms with Crippen LogP contribution in [0.3, 0.4) is 0 Å². The molecule has 0 aromatic heterocycles. The van der Waals surface area contributed by atoms with Crippen molar-refractivity contribution in [2.75, 3.05) is 27.0 Å². The number of non-ortho nitro benzene ring substituents is 2. The van der Waals surface area contributed by atoms with Crippen LogP contribution in [0, 0.1) is 109 Å². The van der Waals surface area contributed by atoms with Crippen molar-refractivity contribution in [2.45, 2.75) is 145 Å². The number of nitrogen functional groups attached to an aromatic ring is 1. The molecule has 1 aliphatic rings. The number of ketones is 1. The molecule has 0 bridgehead atoms. The summed E-state index contributed by atoms with van der Waals surface area (Å²) in [6, 6.07) is 18.6. The fourth-order valence-electron chi connectivity index (χ4n) is 8.16. The normalized spacial score (nSPS) is 10.4. The number of aryl methyl sites for hydroxylation is 1. The van der Waals surface area contributed by atoms with Gasteiger partial charge >= 0.3 is 11.9 Å². The highest BCUT2D eigenvalue weighted by molar-refractivity contribution is 9.11. The molecular weight excluding hydrogens is 1570 g/mol. The van der Waals surface area contributed by atoms with E-state index in [1.165, 1.54) is 101 Å². The highest BCUT2D eigenvalue weighted by Gasteiger charge is 2.25. The molecule has 8 rings (SSSR count). The van der Waals surface area contributed by atoms with E-state index in [0.717, 1.165) is 24.1 Å². The summed E-state index contributed by atoms with van der Waals surface area (Å²) in [5.74, 6) is -6.01. The van der Waals surface area contributed by atoms with Crippen LogP contribution >= 0.6 is 47.8 Å². The summed E-state index contributed by atoms with van der Waals surface area (Å²) in [4.78, 5) is 95.2. The maximum absolute atomic E-state index is 13.7. The molecule has 0 aliphatic heterocycles. The Morgan fingerprint density at radius 2 is 0.827 bits per heavy atom. The van der Waals surface area contributed by atoms with Crippen molar-refractivity contribution in [2.24, 2.45) is 0 Å². The second-order valence-electron chi connectivity index (χ2n) is 21.4. The lowest BCUT2D eigenvalue weighted by molar-refractivity contribution is -0.385. The van der Waals surface area contributed by atoms with Crippen molar-refractivity contribution >= 4 is 141 Å². The van der Waals surface area contributed by atoms with E-state index in [2.05, 4.69) is 69.1 Å². The zero-order valence-corrected chi connectivity index (χ0v) is 59.8. The third-order valence-electron chi connectivity index (χ3n) is 13.4. The number of aliphatic carboxylic acids is 2. The molecule has 0 fully saturated rings. The molecule has 0 saturated carbocycles. The first kappa shape index (κ1) is 100. The van der Waals surface area contributed by atoms with Gasteiger partial charge in [0, 0.05) is 88.0 Å². The van der Waals surface area contributed by atoms with Gasteiger partial charge in [-0.2, -0.15) is 0 Å². The third-order valence-corrected chi connectivity index (χ3v) is 15.9. The molecule has 568 valence electrons. The van der Waals surface area contributed by atoms with Gasteiger partial charge in [-0.3, -0.25) is 53.8 Å². The van der Waals surface area contributed by atoms with Crippen LogP contribution in [0.25, 0.3) is 12.2 Å². The molecule has 7 aromatic carbocycles.